The van der Waals surface area contributed by atoms with Gasteiger partial charge >= 0.3 is 5.97 Å². The summed E-state index contributed by atoms with van der Waals surface area (Å²) in [6.45, 7) is 6.90. The monoisotopic (exact) mass is 602 g/mol. The standard InChI is InChI=1S/C33H35FN4O6/c1-3-26-27(18-22-4-6-23(7-5-22)24-8-10-25(34)11-9-24)38-19-21(2)36-33(30(38)29(26)31(40)32(35)41)44-20-28(39)43-17-14-37-12-15-42-16-13-37/h4-11,19H,3,12-18,20H2,1-2H3,(H2,35,41). The minimum atomic E-state index is -1.10. The van der Waals surface area contributed by atoms with Crippen LogP contribution in [-0.4, -0.2) is 78.0 Å². The number of morpholine rings is 1. The van der Waals surface area contributed by atoms with Crippen molar-refractivity contribution in [2.45, 2.75) is 26.7 Å². The van der Waals surface area contributed by atoms with Crippen molar-refractivity contribution in [2.75, 3.05) is 46.1 Å². The third kappa shape index (κ3) is 6.95. The van der Waals surface area contributed by atoms with Gasteiger partial charge in [0.05, 0.1) is 24.5 Å². The smallest absolute Gasteiger partial charge is 0.344 e. The van der Waals surface area contributed by atoms with Gasteiger partial charge in [0.25, 0.3) is 11.7 Å². The molecule has 0 spiro atoms. The molecule has 11 heteroatoms. The highest BCUT2D eigenvalue weighted by molar-refractivity contribution is 6.44. The summed E-state index contributed by atoms with van der Waals surface area (Å²) < 4.78 is 31.7. The molecule has 2 N–H and O–H groups in total. The number of carbonyl (C=O) groups excluding carboxylic acids is 3. The van der Waals surface area contributed by atoms with E-state index in [0.29, 0.717) is 43.9 Å². The van der Waals surface area contributed by atoms with E-state index in [1.807, 2.05) is 31.2 Å². The van der Waals surface area contributed by atoms with E-state index in [-0.39, 0.29) is 29.4 Å². The molecule has 1 aliphatic rings. The van der Waals surface area contributed by atoms with Crippen molar-refractivity contribution in [3.05, 3.63) is 88.6 Å². The van der Waals surface area contributed by atoms with E-state index in [2.05, 4.69) is 9.88 Å². The summed E-state index contributed by atoms with van der Waals surface area (Å²) in [7, 11) is 0. The van der Waals surface area contributed by atoms with Gasteiger partial charge in [0, 0.05) is 37.9 Å². The van der Waals surface area contributed by atoms with Crippen LogP contribution in [0.1, 0.15) is 39.8 Å². The number of primary amides is 1. The maximum atomic E-state index is 13.4. The molecule has 1 saturated heterocycles. The van der Waals surface area contributed by atoms with E-state index in [0.717, 1.165) is 35.5 Å². The summed E-state index contributed by atoms with van der Waals surface area (Å²) in [4.78, 5) is 44.5. The fourth-order valence-electron chi connectivity index (χ4n) is 5.44. The lowest BCUT2D eigenvalue weighted by Gasteiger charge is -2.26. The minimum absolute atomic E-state index is 0.0346. The maximum absolute atomic E-state index is 13.4. The Labute approximate surface area is 254 Å². The van der Waals surface area contributed by atoms with Gasteiger partial charge in [-0.15, -0.1) is 0 Å². The van der Waals surface area contributed by atoms with Crippen LogP contribution < -0.4 is 10.5 Å². The summed E-state index contributed by atoms with van der Waals surface area (Å²) in [5.41, 5.74) is 10.6. The summed E-state index contributed by atoms with van der Waals surface area (Å²) in [6.07, 6.45) is 2.62. The zero-order chi connectivity index (χ0) is 31.2. The molecule has 2 aromatic heterocycles. The number of rotatable bonds is 12. The normalized spacial score (nSPS) is 13.6. The average molecular weight is 603 g/mol. The quantitative estimate of drug-likeness (QED) is 0.148. The number of benzene rings is 2. The second kappa shape index (κ2) is 13.8. The van der Waals surface area contributed by atoms with Gasteiger partial charge in [0.1, 0.15) is 17.9 Å². The first-order valence-electron chi connectivity index (χ1n) is 14.6. The maximum Gasteiger partial charge on any atom is 0.344 e. The number of ketones is 1. The van der Waals surface area contributed by atoms with Crippen molar-refractivity contribution in [3.63, 3.8) is 0 Å². The highest BCUT2D eigenvalue weighted by Gasteiger charge is 2.29. The van der Waals surface area contributed by atoms with Gasteiger partial charge < -0.3 is 24.3 Å². The molecule has 0 atom stereocenters. The molecule has 0 saturated carbocycles. The molecule has 2 aromatic carbocycles. The number of esters is 1. The molecule has 10 nitrogen and oxygen atoms in total. The number of nitrogens with zero attached hydrogens (tertiary/aromatic N) is 3. The second-order valence-electron chi connectivity index (χ2n) is 10.6. The topological polar surface area (TPSA) is 125 Å². The number of hydrogen-bond donors (Lipinski definition) is 1. The van der Waals surface area contributed by atoms with Crippen molar-refractivity contribution < 1.29 is 33.0 Å². The number of aryl methyl sites for hydroxylation is 1. The molecule has 0 unspecified atom stereocenters. The number of hydrogen-bond acceptors (Lipinski definition) is 8. The summed E-state index contributed by atoms with van der Waals surface area (Å²) >= 11 is 0. The van der Waals surface area contributed by atoms with Gasteiger partial charge in [-0.1, -0.05) is 43.3 Å². The van der Waals surface area contributed by atoms with Crippen LogP contribution in [0.3, 0.4) is 0 Å². The van der Waals surface area contributed by atoms with Gasteiger partial charge in [-0.05, 0) is 47.7 Å². The van der Waals surface area contributed by atoms with E-state index >= 15 is 0 Å². The molecule has 5 rings (SSSR count). The van der Waals surface area contributed by atoms with E-state index in [9.17, 15) is 18.8 Å². The molecular weight excluding hydrogens is 567 g/mol. The molecule has 0 radical (unpaired) electrons. The van der Waals surface area contributed by atoms with Crippen molar-refractivity contribution >= 4 is 23.2 Å². The molecule has 1 aliphatic heterocycles. The lowest BCUT2D eigenvalue weighted by atomic mass is 9.98. The molecule has 1 amide bonds. The van der Waals surface area contributed by atoms with Gasteiger partial charge in [-0.3, -0.25) is 14.5 Å². The first-order valence-corrected chi connectivity index (χ1v) is 14.6. The Balaban J connectivity index is 1.43. The number of halogens is 1. The van der Waals surface area contributed by atoms with Crippen LogP contribution in [0.2, 0.25) is 0 Å². The lowest BCUT2D eigenvalue weighted by molar-refractivity contribution is -0.146. The number of carbonyl (C=O) groups is 3. The van der Waals surface area contributed by atoms with Crippen LogP contribution in [0.4, 0.5) is 4.39 Å². The van der Waals surface area contributed by atoms with Gasteiger partial charge in [-0.25, -0.2) is 14.2 Å². The highest BCUT2D eigenvalue weighted by Crippen LogP contribution is 2.33. The predicted octanol–water partition coefficient (Wildman–Crippen LogP) is 3.52. The lowest BCUT2D eigenvalue weighted by Crippen LogP contribution is -2.38. The molecule has 0 aliphatic carbocycles. The van der Waals surface area contributed by atoms with Crippen LogP contribution in [0.5, 0.6) is 5.88 Å². The van der Waals surface area contributed by atoms with Gasteiger partial charge in [0.2, 0.25) is 5.88 Å². The van der Waals surface area contributed by atoms with Crippen molar-refractivity contribution in [3.8, 4) is 17.0 Å². The summed E-state index contributed by atoms with van der Waals surface area (Å²) in [6, 6.07) is 14.1. The first-order chi connectivity index (χ1) is 21.2. The largest absolute Gasteiger partial charge is 0.464 e. The Morgan fingerprint density at radius 2 is 1.68 bits per heavy atom. The minimum Gasteiger partial charge on any atom is -0.464 e. The van der Waals surface area contributed by atoms with Gasteiger partial charge in [0.15, 0.2) is 6.61 Å². The molecule has 44 heavy (non-hydrogen) atoms. The third-order valence-corrected chi connectivity index (χ3v) is 7.62. The van der Waals surface area contributed by atoms with E-state index in [1.165, 1.54) is 12.1 Å². The van der Waals surface area contributed by atoms with Crippen LogP contribution in [0, 0.1) is 12.7 Å². The third-order valence-electron chi connectivity index (χ3n) is 7.62. The number of Topliss-reactive ketones (excluding diaryl/α,β-unsaturated/α-hetero) is 1. The van der Waals surface area contributed by atoms with Crippen molar-refractivity contribution in [1.82, 2.24) is 14.3 Å². The Morgan fingerprint density at radius 1 is 1.02 bits per heavy atom. The number of nitrogens with two attached hydrogens (primary N) is 1. The highest BCUT2D eigenvalue weighted by atomic mass is 19.1. The Hall–Kier alpha value is -4.61. The van der Waals surface area contributed by atoms with Crippen molar-refractivity contribution in [2.24, 2.45) is 5.73 Å². The number of fused-ring (bicyclic) bond motifs is 1. The first kappa shape index (κ1) is 30.8. The zero-order valence-electron chi connectivity index (χ0n) is 24.8. The average Bonchev–Trinajstić information content (AvgIpc) is 3.33. The fourth-order valence-corrected chi connectivity index (χ4v) is 5.44. The van der Waals surface area contributed by atoms with Crippen molar-refractivity contribution in [1.29, 1.82) is 0 Å². The Bertz CT molecular complexity index is 1660. The predicted molar refractivity (Wildman–Crippen MR) is 161 cm³/mol. The second-order valence-corrected chi connectivity index (χ2v) is 10.6. The molecule has 3 heterocycles. The molecule has 0 bridgehead atoms. The number of aromatic nitrogens is 2. The van der Waals surface area contributed by atoms with Crippen LogP contribution in [0.25, 0.3) is 16.6 Å². The molecule has 1 fully saturated rings. The molecule has 4 aromatic rings. The SMILES string of the molecule is CCc1c(C(=O)C(N)=O)c2c(OCC(=O)OCCN3CCOCC3)nc(C)cn2c1Cc1ccc(-c2ccc(F)cc2)cc1. The van der Waals surface area contributed by atoms with E-state index < -0.39 is 24.3 Å². The van der Waals surface area contributed by atoms with E-state index in [4.69, 9.17) is 19.9 Å². The summed E-state index contributed by atoms with van der Waals surface area (Å²) in [5.74, 6) is -2.80. The van der Waals surface area contributed by atoms with Gasteiger partial charge in [-0.2, -0.15) is 0 Å². The van der Waals surface area contributed by atoms with E-state index in [1.54, 1.807) is 29.7 Å². The number of amides is 1. The van der Waals surface area contributed by atoms with Crippen LogP contribution in [-0.2, 0) is 31.9 Å². The number of ether oxygens (including phenoxy) is 3. The Morgan fingerprint density at radius 3 is 2.32 bits per heavy atom. The van der Waals surface area contributed by atoms with Crippen LogP contribution in [0.15, 0.2) is 54.7 Å². The fraction of sp³-hybridized carbons (Fsp3) is 0.333. The van der Waals surface area contributed by atoms with Crippen LogP contribution >= 0.6 is 0 Å². The zero-order valence-corrected chi connectivity index (χ0v) is 24.8. The molecular formula is C33H35FN4O6. The summed E-state index contributed by atoms with van der Waals surface area (Å²) in [5, 5.41) is 0. The molecule has 230 valence electrons. The Kier molecular flexibility index (Phi) is 9.66.